The molecule has 0 aliphatic carbocycles. The van der Waals surface area contributed by atoms with Crippen LogP contribution < -0.4 is 19.7 Å². The van der Waals surface area contributed by atoms with Gasteiger partial charge in [-0.2, -0.15) is 0 Å². The van der Waals surface area contributed by atoms with Crippen molar-refractivity contribution < 1.29 is 23.5 Å². The first-order valence-electron chi connectivity index (χ1n) is 10.3. The Labute approximate surface area is 195 Å². The Balaban J connectivity index is 1.59. The quantitative estimate of drug-likeness (QED) is 0.551. The number of fused-ring (bicyclic) bond motifs is 1. The van der Waals surface area contributed by atoms with Crippen LogP contribution >= 0.6 is 11.8 Å². The van der Waals surface area contributed by atoms with Gasteiger partial charge in [0.05, 0.1) is 19.9 Å². The van der Waals surface area contributed by atoms with Crippen molar-refractivity contribution in [2.24, 2.45) is 0 Å². The number of thioether (sulfide) groups is 1. The molecule has 0 bridgehead atoms. The molecule has 2 amide bonds. The summed E-state index contributed by atoms with van der Waals surface area (Å²) in [6.07, 6.45) is 0.207. The molecule has 3 aromatic carbocycles. The van der Waals surface area contributed by atoms with E-state index >= 15 is 0 Å². The smallest absolute Gasteiger partial charge is 0.244 e. The number of benzene rings is 3. The minimum absolute atomic E-state index is 0.146. The second-order valence-electron chi connectivity index (χ2n) is 7.43. The van der Waals surface area contributed by atoms with E-state index in [4.69, 9.17) is 9.47 Å². The van der Waals surface area contributed by atoms with Gasteiger partial charge in [0.25, 0.3) is 0 Å². The van der Waals surface area contributed by atoms with E-state index in [9.17, 15) is 14.0 Å². The molecule has 33 heavy (non-hydrogen) atoms. The van der Waals surface area contributed by atoms with Crippen molar-refractivity contribution in [1.82, 2.24) is 0 Å². The normalized spacial score (nSPS) is 15.4. The van der Waals surface area contributed by atoms with Crippen molar-refractivity contribution in [3.05, 3.63) is 78.1 Å². The second kappa shape index (κ2) is 9.95. The van der Waals surface area contributed by atoms with Gasteiger partial charge in [0, 0.05) is 22.3 Å². The standard InChI is InChI=1S/C25H23FN2O4S/c1-31-20-12-7-16(13-21(20)32-2)23-14-25(30)28(19-5-3-4-6-22(19)33-23)15-24(29)27-18-10-8-17(26)9-11-18/h3-13,23H,14-15H2,1-2H3,(H,27,29)/t23-/m0/s1. The van der Waals surface area contributed by atoms with Crippen LogP contribution in [-0.4, -0.2) is 32.6 Å². The number of rotatable bonds is 6. The number of anilines is 2. The minimum Gasteiger partial charge on any atom is -0.493 e. The third-order valence-electron chi connectivity index (χ3n) is 5.30. The molecule has 0 saturated heterocycles. The molecular formula is C25H23FN2O4S. The van der Waals surface area contributed by atoms with Crippen LogP contribution in [0.4, 0.5) is 15.8 Å². The number of methoxy groups -OCH3 is 2. The van der Waals surface area contributed by atoms with Crippen molar-refractivity contribution in [2.45, 2.75) is 16.6 Å². The molecular weight excluding hydrogens is 443 g/mol. The van der Waals surface area contributed by atoms with Crippen LogP contribution in [0.3, 0.4) is 0 Å². The lowest BCUT2D eigenvalue weighted by atomic mass is 10.1. The van der Waals surface area contributed by atoms with Crippen molar-refractivity contribution in [3.63, 3.8) is 0 Å². The van der Waals surface area contributed by atoms with Gasteiger partial charge in [0.2, 0.25) is 11.8 Å². The number of nitrogens with zero attached hydrogens (tertiary/aromatic N) is 1. The number of amides is 2. The lowest BCUT2D eigenvalue weighted by Gasteiger charge is -2.22. The summed E-state index contributed by atoms with van der Waals surface area (Å²) in [5.74, 6) is 0.297. The van der Waals surface area contributed by atoms with Gasteiger partial charge in [-0.25, -0.2) is 4.39 Å². The summed E-state index contributed by atoms with van der Waals surface area (Å²) in [7, 11) is 3.15. The number of carbonyl (C=O) groups is 2. The molecule has 0 unspecified atom stereocenters. The van der Waals surface area contributed by atoms with Crippen LogP contribution in [0, 0.1) is 5.82 Å². The highest BCUT2D eigenvalue weighted by Crippen LogP contribution is 2.46. The first-order chi connectivity index (χ1) is 16.0. The molecule has 1 atom stereocenters. The molecule has 170 valence electrons. The number of carbonyl (C=O) groups excluding carboxylic acids is 2. The van der Waals surface area contributed by atoms with Gasteiger partial charge in [0.1, 0.15) is 12.4 Å². The Morgan fingerprint density at radius 1 is 1.06 bits per heavy atom. The molecule has 0 fully saturated rings. The zero-order valence-corrected chi connectivity index (χ0v) is 19.0. The molecule has 1 N–H and O–H groups in total. The topological polar surface area (TPSA) is 67.9 Å². The average Bonchev–Trinajstić information content (AvgIpc) is 2.96. The van der Waals surface area contributed by atoms with E-state index < -0.39 is 0 Å². The molecule has 8 heteroatoms. The predicted octanol–water partition coefficient (Wildman–Crippen LogP) is 5.05. The SMILES string of the molecule is COc1ccc([C@@H]2CC(=O)N(CC(=O)Nc3ccc(F)cc3)c3ccccc3S2)cc1OC. The molecule has 0 spiro atoms. The number of hydrogen-bond donors (Lipinski definition) is 1. The van der Waals surface area contributed by atoms with Gasteiger partial charge >= 0.3 is 0 Å². The van der Waals surface area contributed by atoms with Gasteiger partial charge in [-0.1, -0.05) is 18.2 Å². The highest BCUT2D eigenvalue weighted by Gasteiger charge is 2.30. The van der Waals surface area contributed by atoms with Gasteiger partial charge < -0.3 is 19.7 Å². The molecule has 1 aliphatic heterocycles. The highest BCUT2D eigenvalue weighted by atomic mass is 32.2. The third-order valence-corrected chi connectivity index (χ3v) is 6.62. The summed E-state index contributed by atoms with van der Waals surface area (Å²) >= 11 is 1.57. The fourth-order valence-electron chi connectivity index (χ4n) is 3.67. The van der Waals surface area contributed by atoms with E-state index in [0.29, 0.717) is 22.9 Å². The Morgan fingerprint density at radius 2 is 1.79 bits per heavy atom. The molecule has 6 nitrogen and oxygen atoms in total. The number of hydrogen-bond acceptors (Lipinski definition) is 5. The van der Waals surface area contributed by atoms with Crippen molar-refractivity contribution in [3.8, 4) is 11.5 Å². The lowest BCUT2D eigenvalue weighted by molar-refractivity contribution is -0.121. The number of halogens is 1. The van der Waals surface area contributed by atoms with Crippen LogP contribution in [-0.2, 0) is 9.59 Å². The van der Waals surface area contributed by atoms with Gasteiger partial charge in [0.15, 0.2) is 11.5 Å². The van der Waals surface area contributed by atoms with E-state index in [1.54, 1.807) is 26.0 Å². The van der Waals surface area contributed by atoms with Crippen LogP contribution in [0.5, 0.6) is 11.5 Å². The van der Waals surface area contributed by atoms with Crippen LogP contribution in [0.1, 0.15) is 17.2 Å². The molecule has 0 aromatic heterocycles. The maximum absolute atomic E-state index is 13.3. The first kappa shape index (κ1) is 22.7. The summed E-state index contributed by atoms with van der Waals surface area (Å²) in [6, 6.07) is 18.7. The average molecular weight is 467 g/mol. The van der Waals surface area contributed by atoms with Gasteiger partial charge in [-0.3, -0.25) is 9.59 Å². The summed E-state index contributed by atoms with van der Waals surface area (Å²) < 4.78 is 23.9. The highest BCUT2D eigenvalue weighted by molar-refractivity contribution is 7.99. The van der Waals surface area contributed by atoms with E-state index in [1.807, 2.05) is 42.5 Å². The summed E-state index contributed by atoms with van der Waals surface area (Å²) in [4.78, 5) is 28.4. The molecule has 1 aliphatic rings. The maximum Gasteiger partial charge on any atom is 0.244 e. The van der Waals surface area contributed by atoms with E-state index in [2.05, 4.69) is 5.32 Å². The van der Waals surface area contributed by atoms with Crippen LogP contribution in [0.15, 0.2) is 71.6 Å². The molecule has 4 rings (SSSR count). The molecule has 3 aromatic rings. The summed E-state index contributed by atoms with van der Waals surface area (Å²) in [5.41, 5.74) is 2.08. The Kier molecular flexibility index (Phi) is 6.84. The zero-order chi connectivity index (χ0) is 23.4. The molecule has 0 radical (unpaired) electrons. The third kappa shape index (κ3) is 5.12. The van der Waals surface area contributed by atoms with E-state index in [0.717, 1.165) is 10.5 Å². The van der Waals surface area contributed by atoms with E-state index in [-0.39, 0.29) is 35.8 Å². The largest absolute Gasteiger partial charge is 0.493 e. The summed E-state index contributed by atoms with van der Waals surface area (Å²) in [6.45, 7) is -0.146. The van der Waals surface area contributed by atoms with Crippen LogP contribution in [0.2, 0.25) is 0 Å². The van der Waals surface area contributed by atoms with Gasteiger partial charge in [-0.05, 0) is 54.1 Å². The molecule has 1 heterocycles. The monoisotopic (exact) mass is 466 g/mol. The summed E-state index contributed by atoms with van der Waals surface area (Å²) in [5, 5.41) is 2.56. The van der Waals surface area contributed by atoms with Gasteiger partial charge in [-0.15, -0.1) is 11.8 Å². The van der Waals surface area contributed by atoms with E-state index in [1.165, 1.54) is 29.2 Å². The molecule has 0 saturated carbocycles. The number of ether oxygens (including phenoxy) is 2. The van der Waals surface area contributed by atoms with Crippen LogP contribution in [0.25, 0.3) is 0 Å². The second-order valence-corrected chi connectivity index (χ2v) is 8.67. The Bertz CT molecular complexity index is 1170. The Hall–Kier alpha value is -3.52. The first-order valence-corrected chi connectivity index (χ1v) is 11.2. The zero-order valence-electron chi connectivity index (χ0n) is 18.2. The van der Waals surface area contributed by atoms with Crippen molar-refractivity contribution >= 4 is 35.0 Å². The van der Waals surface area contributed by atoms with Crippen molar-refractivity contribution in [1.29, 1.82) is 0 Å². The predicted molar refractivity (Wildman–Crippen MR) is 127 cm³/mol. The number of para-hydroxylation sites is 1. The fraction of sp³-hybridized carbons (Fsp3) is 0.200. The lowest BCUT2D eigenvalue weighted by Crippen LogP contribution is -2.38. The number of nitrogens with one attached hydrogen (secondary N) is 1. The maximum atomic E-state index is 13.3. The Morgan fingerprint density at radius 3 is 2.52 bits per heavy atom. The van der Waals surface area contributed by atoms with Crippen molar-refractivity contribution in [2.75, 3.05) is 31.0 Å². The fourth-order valence-corrected chi connectivity index (χ4v) is 4.94. The minimum atomic E-state index is -0.386.